The molecule has 2 radical (unpaired) electrons. The second-order valence-electron chi connectivity index (χ2n) is 20.4. The summed E-state index contributed by atoms with van der Waals surface area (Å²) in [6.07, 6.45) is 10.7. The van der Waals surface area contributed by atoms with E-state index in [2.05, 4.69) is 231 Å². The summed E-state index contributed by atoms with van der Waals surface area (Å²) in [4.78, 5) is 0. The summed E-state index contributed by atoms with van der Waals surface area (Å²) in [5.74, 6) is 1.72. The maximum atomic E-state index is 4.93. The number of benzene rings is 10. The van der Waals surface area contributed by atoms with Crippen molar-refractivity contribution in [1.29, 1.82) is 0 Å². The van der Waals surface area contributed by atoms with Gasteiger partial charge in [0, 0.05) is 9.52 Å². The Kier molecular flexibility index (Phi) is 15.9. The second kappa shape index (κ2) is 23.4. The van der Waals surface area contributed by atoms with Crippen molar-refractivity contribution in [3.05, 3.63) is 230 Å². The Bertz CT molecular complexity index is 3380. The summed E-state index contributed by atoms with van der Waals surface area (Å²) in [6.45, 7) is 4.31. The van der Waals surface area contributed by atoms with Gasteiger partial charge in [-0.05, 0) is 78.9 Å². The van der Waals surface area contributed by atoms with E-state index in [1.807, 2.05) is 0 Å². The average Bonchev–Trinajstić information content (AvgIpc) is 4.07. The minimum Gasteiger partial charge on any atom is -0.164 e. The van der Waals surface area contributed by atoms with Crippen LogP contribution in [-0.2, 0) is 33.7 Å². The van der Waals surface area contributed by atoms with E-state index in [4.69, 9.17) is 17.0 Å². The van der Waals surface area contributed by atoms with E-state index in [0.29, 0.717) is 0 Å². The van der Waals surface area contributed by atoms with Crippen molar-refractivity contribution in [2.75, 3.05) is 0 Å². The van der Waals surface area contributed by atoms with Gasteiger partial charge in [-0.1, -0.05) is 279 Å². The Morgan fingerprint density at radius 1 is 0.365 bits per heavy atom. The Balaban J connectivity index is 0.000000144. The zero-order valence-corrected chi connectivity index (χ0v) is 47.3. The molecule has 74 heavy (non-hydrogen) atoms. The first kappa shape index (κ1) is 50.3. The average molecular weight is 1090 g/mol. The molecule has 12 aromatic rings. The van der Waals surface area contributed by atoms with Gasteiger partial charge in [-0.25, -0.2) is 0 Å². The standard InChI is InChI=1S/2C34H27.C2H6Si.2ClH.Zr/c2*1-3-14-27-25(10-1)12-6-16-29(27)31-18-19-32(30-17-7-13-26-11-2-4-15-28(26)30)34-22-24(21-33(31)34)20-23-8-5-9-23;1-3-2;;;/h2*1-4,6-7,10-19,21-23H,5,8-9,20H2;1-2H3;2*1H;/q2*-1;;;;+4/p-2. The molecule has 0 amide bonds. The van der Waals surface area contributed by atoms with Crippen LogP contribution in [0.4, 0.5) is 0 Å². The van der Waals surface area contributed by atoms with Crippen molar-refractivity contribution in [3.63, 3.8) is 0 Å². The molecule has 12 aromatic carbocycles. The molecule has 0 spiro atoms. The van der Waals surface area contributed by atoms with Gasteiger partial charge in [0.15, 0.2) is 0 Å². The maximum absolute atomic E-state index is 4.93. The van der Waals surface area contributed by atoms with E-state index in [-0.39, 0.29) is 0 Å². The Hall–Kier alpha value is -5.86. The number of hydrogen-bond acceptors (Lipinski definition) is 0. The molecule has 0 aromatic heterocycles. The topological polar surface area (TPSA) is 0 Å². The third-order valence-corrected chi connectivity index (χ3v) is 15.7. The number of fused-ring (bicyclic) bond motifs is 6. The Labute approximate surface area is 458 Å². The van der Waals surface area contributed by atoms with Crippen molar-refractivity contribution in [2.45, 2.75) is 64.5 Å². The predicted molar refractivity (Wildman–Crippen MR) is 322 cm³/mol. The molecule has 0 saturated heterocycles. The van der Waals surface area contributed by atoms with Gasteiger partial charge in [-0.15, -0.1) is 44.8 Å². The minimum atomic E-state index is -0.826. The number of hydrogen-bond donors (Lipinski definition) is 0. The van der Waals surface area contributed by atoms with Crippen LogP contribution in [0.15, 0.2) is 218 Å². The van der Waals surface area contributed by atoms with Crippen molar-refractivity contribution in [1.82, 2.24) is 0 Å². The van der Waals surface area contributed by atoms with Gasteiger partial charge in [-0.2, -0.15) is 12.1 Å². The van der Waals surface area contributed by atoms with E-state index in [1.165, 1.54) is 172 Å². The fourth-order valence-electron chi connectivity index (χ4n) is 11.8. The first-order chi connectivity index (χ1) is 36.5. The third-order valence-electron chi connectivity index (χ3n) is 15.7. The molecule has 2 aliphatic carbocycles. The fraction of sp³-hybridized carbons (Fsp3) is 0.171. The number of rotatable bonds is 8. The largest absolute Gasteiger partial charge is 0.164 e. The predicted octanol–water partition coefficient (Wildman–Crippen LogP) is 21.2. The molecular weight excluding hydrogens is 1030 g/mol. The van der Waals surface area contributed by atoms with E-state index in [9.17, 15) is 0 Å². The fourth-order valence-corrected chi connectivity index (χ4v) is 11.8. The van der Waals surface area contributed by atoms with Gasteiger partial charge in [0.05, 0.1) is 0 Å². The van der Waals surface area contributed by atoms with Crippen LogP contribution in [0.1, 0.15) is 49.7 Å². The molecule has 2 saturated carbocycles. The van der Waals surface area contributed by atoms with E-state index in [0.717, 1.165) is 21.4 Å². The summed E-state index contributed by atoms with van der Waals surface area (Å²) in [5, 5.41) is 16.0. The molecule has 0 nitrogen and oxygen atoms in total. The first-order valence-electron chi connectivity index (χ1n) is 26.5. The van der Waals surface area contributed by atoms with Gasteiger partial charge >= 0.3 is 37.9 Å². The normalized spacial score (nSPS) is 13.4. The van der Waals surface area contributed by atoms with Crippen LogP contribution in [0.5, 0.6) is 0 Å². The summed E-state index contributed by atoms with van der Waals surface area (Å²) >= 11 is -0.826. The molecule has 0 heterocycles. The smallest absolute Gasteiger partial charge is 0.0114 e. The monoisotopic (exact) mass is 1090 g/mol. The second-order valence-corrected chi connectivity index (χ2v) is 25.1. The molecule has 4 heteroatoms. The van der Waals surface area contributed by atoms with Gasteiger partial charge in [0.25, 0.3) is 0 Å². The van der Waals surface area contributed by atoms with Crippen LogP contribution < -0.4 is 0 Å². The Morgan fingerprint density at radius 3 is 0.919 bits per heavy atom. The van der Waals surface area contributed by atoms with Crippen molar-refractivity contribution < 1.29 is 20.8 Å². The molecule has 0 bridgehead atoms. The van der Waals surface area contributed by atoms with Crippen molar-refractivity contribution in [2.24, 2.45) is 11.8 Å². The molecular formula is C70H60Cl2SiZr. The molecule has 2 fully saturated rings. The zero-order valence-electron chi connectivity index (χ0n) is 42.4. The van der Waals surface area contributed by atoms with Gasteiger partial charge in [-0.3, -0.25) is 0 Å². The summed E-state index contributed by atoms with van der Waals surface area (Å²) < 4.78 is 0. The van der Waals surface area contributed by atoms with Crippen LogP contribution in [0.25, 0.3) is 109 Å². The van der Waals surface area contributed by atoms with Gasteiger partial charge in [0.1, 0.15) is 0 Å². The van der Waals surface area contributed by atoms with Crippen molar-refractivity contribution in [3.8, 4) is 44.5 Å². The quantitative estimate of drug-likeness (QED) is 0.105. The van der Waals surface area contributed by atoms with Crippen LogP contribution in [0.2, 0.25) is 13.1 Å². The molecule has 362 valence electrons. The van der Waals surface area contributed by atoms with E-state index in [1.54, 1.807) is 0 Å². The van der Waals surface area contributed by atoms with Crippen molar-refractivity contribution >= 4 is 91.2 Å². The van der Waals surface area contributed by atoms with E-state index >= 15 is 0 Å². The van der Waals surface area contributed by atoms with Crippen LogP contribution in [-0.4, -0.2) is 9.52 Å². The van der Waals surface area contributed by atoms with Gasteiger partial charge < -0.3 is 0 Å². The third kappa shape index (κ3) is 10.4. The molecule has 0 N–H and O–H groups in total. The van der Waals surface area contributed by atoms with Crippen LogP contribution >= 0.6 is 17.0 Å². The minimum absolute atomic E-state index is 0.826. The molecule has 0 aliphatic heterocycles. The van der Waals surface area contributed by atoms with Gasteiger partial charge in [0.2, 0.25) is 0 Å². The molecule has 2 aliphatic rings. The summed E-state index contributed by atoms with van der Waals surface area (Å²) in [7, 11) is 11.0. The van der Waals surface area contributed by atoms with Crippen LogP contribution in [0, 0.1) is 11.8 Å². The summed E-state index contributed by atoms with van der Waals surface area (Å²) in [6, 6.07) is 81.2. The zero-order chi connectivity index (χ0) is 50.4. The van der Waals surface area contributed by atoms with Crippen LogP contribution in [0.3, 0.4) is 0 Å². The first-order valence-corrected chi connectivity index (χ1v) is 34.8. The summed E-state index contributed by atoms with van der Waals surface area (Å²) in [5.41, 5.74) is 13.7. The Morgan fingerprint density at radius 2 is 0.622 bits per heavy atom. The molecule has 0 atom stereocenters. The molecule has 0 unspecified atom stereocenters. The SMILES string of the molecule is C[Si]C.[Cl][Zr+2][Cl].c1ccc2c(-c3ccc(-c4cccc5ccccc45)c4[cH-]c(CC5CCC5)cc34)cccc2c1.c1ccc2c(-c3ccc(-c4cccc5ccccc45)c4[cH-]c(CC5CCC5)cc34)cccc2c1. The molecule has 14 rings (SSSR count). The maximum Gasteiger partial charge on any atom is -0.0114 e. The number of halogens is 2. The van der Waals surface area contributed by atoms with E-state index < -0.39 is 20.8 Å².